The van der Waals surface area contributed by atoms with Gasteiger partial charge in [-0.25, -0.2) is 0 Å². The number of nitrogens with one attached hydrogen (secondary N) is 2. The van der Waals surface area contributed by atoms with Crippen LogP contribution in [0, 0.1) is 5.92 Å². The fourth-order valence-corrected chi connectivity index (χ4v) is 2.62. The van der Waals surface area contributed by atoms with Gasteiger partial charge in [0.25, 0.3) is 5.91 Å². The minimum atomic E-state index is -0.790. The van der Waals surface area contributed by atoms with E-state index in [1.54, 1.807) is 30.3 Å². The first kappa shape index (κ1) is 19.3. The predicted molar refractivity (Wildman–Crippen MR) is 102 cm³/mol. The van der Waals surface area contributed by atoms with E-state index in [2.05, 4.69) is 10.6 Å². The van der Waals surface area contributed by atoms with Gasteiger partial charge in [0.15, 0.2) is 0 Å². The molecule has 0 aromatic heterocycles. The van der Waals surface area contributed by atoms with Gasteiger partial charge >= 0.3 is 0 Å². The number of rotatable bonds is 6. The van der Waals surface area contributed by atoms with Crippen LogP contribution in [-0.2, 0) is 9.59 Å². The molecule has 2 rings (SSSR count). The summed E-state index contributed by atoms with van der Waals surface area (Å²) < 4.78 is 0. The zero-order chi connectivity index (χ0) is 18.4. The number of amides is 2. The molecule has 0 saturated carbocycles. The van der Waals surface area contributed by atoms with Crippen molar-refractivity contribution in [2.45, 2.75) is 26.3 Å². The van der Waals surface area contributed by atoms with Gasteiger partial charge in [-0.15, -0.1) is 0 Å². The van der Waals surface area contributed by atoms with Crippen LogP contribution in [0.3, 0.4) is 0 Å². The fourth-order valence-electron chi connectivity index (χ4n) is 2.32. The zero-order valence-electron chi connectivity index (χ0n) is 14.1. The van der Waals surface area contributed by atoms with Gasteiger partial charge in [-0.3, -0.25) is 9.59 Å². The van der Waals surface area contributed by atoms with Gasteiger partial charge in [0.05, 0.1) is 10.0 Å². The van der Waals surface area contributed by atoms with Crippen LogP contribution in [0.2, 0.25) is 10.0 Å². The molecule has 2 amide bonds. The van der Waals surface area contributed by atoms with Crippen molar-refractivity contribution in [2.24, 2.45) is 5.92 Å². The fraction of sp³-hybridized carbons (Fsp3) is 0.263. The summed E-state index contributed by atoms with van der Waals surface area (Å²) in [6, 6.07) is 13.1. The average Bonchev–Trinajstić information content (AvgIpc) is 2.56. The largest absolute Gasteiger partial charge is 0.341 e. The van der Waals surface area contributed by atoms with Crippen molar-refractivity contribution in [3.8, 4) is 0 Å². The van der Waals surface area contributed by atoms with Crippen LogP contribution < -0.4 is 10.6 Å². The Morgan fingerprint density at radius 1 is 1.00 bits per heavy atom. The van der Waals surface area contributed by atoms with E-state index in [-0.39, 0.29) is 17.7 Å². The highest BCUT2D eigenvalue weighted by molar-refractivity contribution is 6.42. The molecule has 0 spiro atoms. The molecule has 0 aliphatic heterocycles. The third-order valence-corrected chi connectivity index (χ3v) is 4.22. The van der Waals surface area contributed by atoms with Gasteiger partial charge in [0.1, 0.15) is 6.04 Å². The predicted octanol–water partition coefficient (Wildman–Crippen LogP) is 4.84. The third-order valence-electron chi connectivity index (χ3n) is 3.48. The van der Waals surface area contributed by atoms with Crippen LogP contribution in [0.4, 0.5) is 5.69 Å². The topological polar surface area (TPSA) is 58.2 Å². The Kier molecular flexibility index (Phi) is 6.85. The number of benzene rings is 2. The molecule has 2 aromatic rings. The van der Waals surface area contributed by atoms with Crippen molar-refractivity contribution >= 4 is 40.7 Å². The monoisotopic (exact) mass is 378 g/mol. The van der Waals surface area contributed by atoms with Gasteiger partial charge < -0.3 is 10.6 Å². The molecule has 0 fully saturated rings. The average molecular weight is 379 g/mol. The van der Waals surface area contributed by atoms with Crippen LogP contribution in [0.25, 0.3) is 0 Å². The molecule has 6 heteroatoms. The molecule has 0 saturated heterocycles. The van der Waals surface area contributed by atoms with Crippen molar-refractivity contribution < 1.29 is 9.59 Å². The maximum atomic E-state index is 12.7. The first-order chi connectivity index (χ1) is 11.9. The first-order valence-electron chi connectivity index (χ1n) is 7.97. The Labute approximate surface area is 157 Å². The quantitative estimate of drug-likeness (QED) is 0.755. The van der Waals surface area contributed by atoms with Crippen molar-refractivity contribution in [1.29, 1.82) is 0 Å². The number of carbonyl (C=O) groups is 2. The lowest BCUT2D eigenvalue weighted by molar-refractivity contribution is -0.127. The Balaban J connectivity index is 2.20. The second kappa shape index (κ2) is 8.88. The summed E-state index contributed by atoms with van der Waals surface area (Å²) in [5, 5.41) is 6.32. The summed E-state index contributed by atoms with van der Waals surface area (Å²) in [4.78, 5) is 24.9. The summed E-state index contributed by atoms with van der Waals surface area (Å²) in [6.07, 6.45) is 0.351. The highest BCUT2D eigenvalue weighted by Gasteiger charge is 2.23. The molecule has 0 radical (unpaired) electrons. The number of hydrogen-bond donors (Lipinski definition) is 2. The molecule has 2 aromatic carbocycles. The molecule has 2 N–H and O–H groups in total. The molecular formula is C19H20Cl2N2O2. The van der Waals surface area contributed by atoms with Crippen molar-refractivity contribution in [2.75, 3.05) is 5.32 Å². The van der Waals surface area contributed by atoms with E-state index in [4.69, 9.17) is 23.2 Å². The molecule has 1 unspecified atom stereocenters. The summed E-state index contributed by atoms with van der Waals surface area (Å²) in [5.41, 5.74) is 1.22. The van der Waals surface area contributed by atoms with Gasteiger partial charge in [-0.1, -0.05) is 67.4 Å². The van der Waals surface area contributed by atoms with Crippen LogP contribution in [0.15, 0.2) is 48.5 Å². The van der Waals surface area contributed by atoms with Crippen LogP contribution >= 0.6 is 23.2 Å². The normalized spacial score (nSPS) is 11.9. The van der Waals surface area contributed by atoms with Crippen molar-refractivity contribution in [3.05, 3.63) is 64.1 Å². The van der Waals surface area contributed by atoms with Crippen molar-refractivity contribution in [3.63, 3.8) is 0 Å². The summed E-state index contributed by atoms with van der Waals surface area (Å²) in [7, 11) is 0. The Morgan fingerprint density at radius 2 is 1.68 bits per heavy atom. The SMILES string of the molecule is CC(C)CC(=O)NC(C(=O)Nc1ccc(Cl)c(Cl)c1)c1ccccc1. The number of carbonyl (C=O) groups excluding carboxylic acids is 2. The lowest BCUT2D eigenvalue weighted by atomic mass is 10.0. The van der Waals surface area contributed by atoms with E-state index in [0.717, 1.165) is 0 Å². The van der Waals surface area contributed by atoms with E-state index < -0.39 is 6.04 Å². The van der Waals surface area contributed by atoms with Gasteiger partial charge in [-0.05, 0) is 29.7 Å². The Bertz CT molecular complexity index is 748. The Hall–Kier alpha value is -2.04. The number of hydrogen-bond acceptors (Lipinski definition) is 2. The molecule has 0 heterocycles. The molecule has 0 aliphatic carbocycles. The molecule has 1 atom stereocenters. The molecule has 0 bridgehead atoms. The third kappa shape index (κ3) is 5.76. The Morgan fingerprint density at radius 3 is 2.28 bits per heavy atom. The zero-order valence-corrected chi connectivity index (χ0v) is 15.6. The van der Waals surface area contributed by atoms with Crippen LogP contribution in [-0.4, -0.2) is 11.8 Å². The minimum absolute atomic E-state index is 0.173. The smallest absolute Gasteiger partial charge is 0.251 e. The first-order valence-corrected chi connectivity index (χ1v) is 8.72. The highest BCUT2D eigenvalue weighted by Crippen LogP contribution is 2.26. The second-order valence-electron chi connectivity index (χ2n) is 6.13. The summed E-state index contributed by atoms with van der Waals surface area (Å²) in [6.45, 7) is 3.90. The van der Waals surface area contributed by atoms with Gasteiger partial charge in [-0.2, -0.15) is 0 Å². The molecule has 25 heavy (non-hydrogen) atoms. The van der Waals surface area contributed by atoms with Crippen LogP contribution in [0.5, 0.6) is 0 Å². The minimum Gasteiger partial charge on any atom is -0.341 e. The number of halogens is 2. The summed E-state index contributed by atoms with van der Waals surface area (Å²) in [5.74, 6) is -0.315. The molecule has 4 nitrogen and oxygen atoms in total. The van der Waals surface area contributed by atoms with E-state index in [1.807, 2.05) is 32.0 Å². The van der Waals surface area contributed by atoms with Crippen LogP contribution in [0.1, 0.15) is 31.9 Å². The van der Waals surface area contributed by atoms with E-state index in [9.17, 15) is 9.59 Å². The van der Waals surface area contributed by atoms with Gasteiger partial charge in [0.2, 0.25) is 5.91 Å². The standard InChI is InChI=1S/C19H20Cl2N2O2/c1-12(2)10-17(24)23-18(13-6-4-3-5-7-13)19(25)22-14-8-9-15(20)16(21)11-14/h3-9,11-12,18H,10H2,1-2H3,(H,22,25)(H,23,24). The lowest BCUT2D eigenvalue weighted by Gasteiger charge is -2.19. The maximum absolute atomic E-state index is 12.7. The lowest BCUT2D eigenvalue weighted by Crippen LogP contribution is -2.37. The second-order valence-corrected chi connectivity index (χ2v) is 6.94. The van der Waals surface area contributed by atoms with E-state index >= 15 is 0 Å². The molecular weight excluding hydrogens is 359 g/mol. The molecule has 0 aliphatic rings. The molecule has 132 valence electrons. The van der Waals surface area contributed by atoms with E-state index in [1.165, 1.54) is 0 Å². The maximum Gasteiger partial charge on any atom is 0.251 e. The highest BCUT2D eigenvalue weighted by atomic mass is 35.5. The number of anilines is 1. The summed E-state index contributed by atoms with van der Waals surface area (Å²) >= 11 is 11.9. The van der Waals surface area contributed by atoms with E-state index in [0.29, 0.717) is 27.7 Å². The van der Waals surface area contributed by atoms with Gasteiger partial charge in [0, 0.05) is 12.1 Å². The van der Waals surface area contributed by atoms with Crippen molar-refractivity contribution in [1.82, 2.24) is 5.32 Å².